The third-order valence-corrected chi connectivity index (χ3v) is 5.19. The SMILES string of the molecule is C[C@H]1Cn2ncc(N3CC(C(=O)NNC(=O)C(F)(F)F)CC3=O)c2CN1C(=O)OC(C)(C)C. The Balaban J connectivity index is 1.71. The quantitative estimate of drug-likeness (QED) is 0.618. The zero-order chi connectivity index (χ0) is 24.7. The van der Waals surface area contributed by atoms with E-state index in [9.17, 15) is 32.3 Å². The van der Waals surface area contributed by atoms with Crippen molar-refractivity contribution in [2.45, 2.75) is 65.0 Å². The van der Waals surface area contributed by atoms with Crippen LogP contribution >= 0.6 is 0 Å². The van der Waals surface area contributed by atoms with Crippen LogP contribution in [0.2, 0.25) is 0 Å². The Morgan fingerprint density at radius 3 is 2.42 bits per heavy atom. The topological polar surface area (TPSA) is 126 Å². The number of rotatable bonds is 2. The summed E-state index contributed by atoms with van der Waals surface area (Å²) in [5, 5.41) is 4.27. The fraction of sp³-hybridized carbons (Fsp3) is 0.632. The van der Waals surface area contributed by atoms with Gasteiger partial charge >= 0.3 is 18.2 Å². The van der Waals surface area contributed by atoms with E-state index in [1.165, 1.54) is 21.4 Å². The monoisotopic (exact) mass is 474 g/mol. The molecule has 11 nitrogen and oxygen atoms in total. The number of ether oxygens (including phenoxy) is 1. The average molecular weight is 474 g/mol. The van der Waals surface area contributed by atoms with E-state index >= 15 is 0 Å². The first-order valence-electron chi connectivity index (χ1n) is 10.2. The molecule has 2 aliphatic heterocycles. The molecular formula is C19H25F3N6O5. The van der Waals surface area contributed by atoms with Crippen LogP contribution in [0.3, 0.4) is 0 Å². The molecule has 0 bridgehead atoms. The van der Waals surface area contributed by atoms with Gasteiger partial charge in [-0.15, -0.1) is 0 Å². The van der Waals surface area contributed by atoms with Crippen molar-refractivity contribution >= 4 is 29.5 Å². The molecule has 0 aliphatic carbocycles. The largest absolute Gasteiger partial charge is 0.472 e. The number of amides is 4. The van der Waals surface area contributed by atoms with E-state index in [0.717, 1.165) is 0 Å². The van der Waals surface area contributed by atoms with Gasteiger partial charge in [-0.3, -0.25) is 34.8 Å². The summed E-state index contributed by atoms with van der Waals surface area (Å²) < 4.78 is 44.0. The molecule has 1 unspecified atom stereocenters. The molecule has 2 atom stereocenters. The lowest BCUT2D eigenvalue weighted by atomic mass is 10.1. The molecule has 14 heteroatoms. The minimum absolute atomic E-state index is 0.118. The summed E-state index contributed by atoms with van der Waals surface area (Å²) in [7, 11) is 0. The number of halogens is 3. The Hall–Kier alpha value is -3.32. The number of hydrogen-bond donors (Lipinski definition) is 2. The Kier molecular flexibility index (Phi) is 6.31. The van der Waals surface area contributed by atoms with Crippen LogP contribution in [-0.2, 0) is 32.2 Å². The van der Waals surface area contributed by atoms with Gasteiger partial charge in [0.15, 0.2) is 0 Å². The van der Waals surface area contributed by atoms with Crippen LogP contribution < -0.4 is 15.8 Å². The van der Waals surface area contributed by atoms with Gasteiger partial charge in [-0.1, -0.05) is 0 Å². The molecule has 3 heterocycles. The third-order valence-electron chi connectivity index (χ3n) is 5.19. The van der Waals surface area contributed by atoms with E-state index in [2.05, 4.69) is 5.10 Å². The number of anilines is 1. The fourth-order valence-electron chi connectivity index (χ4n) is 3.58. The summed E-state index contributed by atoms with van der Waals surface area (Å²) >= 11 is 0. The maximum atomic E-state index is 12.6. The highest BCUT2D eigenvalue weighted by Crippen LogP contribution is 2.32. The predicted octanol–water partition coefficient (Wildman–Crippen LogP) is 1.08. The highest BCUT2D eigenvalue weighted by molar-refractivity contribution is 6.01. The minimum atomic E-state index is -5.15. The smallest absolute Gasteiger partial charge is 0.444 e. The normalized spacial score (nSPS) is 21.0. The number of hydrazine groups is 1. The maximum absolute atomic E-state index is 12.6. The molecule has 0 radical (unpaired) electrons. The number of carbonyl (C=O) groups is 4. The van der Waals surface area contributed by atoms with Crippen molar-refractivity contribution < 1.29 is 37.1 Å². The molecule has 1 saturated heterocycles. The number of alkyl halides is 3. The van der Waals surface area contributed by atoms with E-state index in [1.54, 1.807) is 30.9 Å². The standard InChI is InChI=1S/C19H25F3N6O5/c1-10-7-28-13(9-26(10)17(32)33-18(2,3)4)12(6-23-28)27-8-11(5-14(27)29)15(30)24-25-16(31)19(20,21)22/h6,10-11H,5,7-9H2,1-4H3,(H,24,30)(H,25,31)/t10-,11?/m0/s1. The van der Waals surface area contributed by atoms with Crippen molar-refractivity contribution in [1.82, 2.24) is 25.5 Å². The lowest BCUT2D eigenvalue weighted by Gasteiger charge is -2.36. The van der Waals surface area contributed by atoms with Gasteiger partial charge in [0, 0.05) is 13.0 Å². The summed E-state index contributed by atoms with van der Waals surface area (Å²) in [6.45, 7) is 7.46. The first kappa shape index (κ1) is 24.3. The molecule has 0 spiro atoms. The van der Waals surface area contributed by atoms with Crippen molar-refractivity contribution in [1.29, 1.82) is 0 Å². The second-order valence-electron chi connectivity index (χ2n) is 8.96. The van der Waals surface area contributed by atoms with Crippen LogP contribution in [0, 0.1) is 5.92 Å². The summed E-state index contributed by atoms with van der Waals surface area (Å²) in [4.78, 5) is 51.1. The summed E-state index contributed by atoms with van der Waals surface area (Å²) in [5.41, 5.74) is 3.27. The van der Waals surface area contributed by atoms with E-state index in [-0.39, 0.29) is 25.6 Å². The maximum Gasteiger partial charge on any atom is 0.472 e. The molecular weight excluding hydrogens is 449 g/mol. The van der Waals surface area contributed by atoms with Gasteiger partial charge in [0.1, 0.15) is 5.60 Å². The third kappa shape index (κ3) is 5.37. The van der Waals surface area contributed by atoms with Crippen molar-refractivity contribution in [3.05, 3.63) is 11.9 Å². The van der Waals surface area contributed by atoms with Gasteiger partial charge < -0.3 is 9.64 Å². The Morgan fingerprint density at radius 1 is 1.15 bits per heavy atom. The number of fused-ring (bicyclic) bond motifs is 1. The van der Waals surface area contributed by atoms with Crippen molar-refractivity contribution in [2.24, 2.45) is 5.92 Å². The fourth-order valence-corrected chi connectivity index (χ4v) is 3.58. The van der Waals surface area contributed by atoms with Gasteiger partial charge in [0.05, 0.1) is 42.6 Å². The molecule has 1 aromatic rings. The lowest BCUT2D eigenvalue weighted by molar-refractivity contribution is -0.175. The van der Waals surface area contributed by atoms with Gasteiger partial charge in [-0.05, 0) is 27.7 Å². The molecule has 182 valence electrons. The van der Waals surface area contributed by atoms with Gasteiger partial charge in [-0.2, -0.15) is 18.3 Å². The molecule has 33 heavy (non-hydrogen) atoms. The molecule has 0 aromatic carbocycles. The summed E-state index contributed by atoms with van der Waals surface area (Å²) in [6, 6.07) is -0.217. The number of carbonyl (C=O) groups excluding carboxylic acids is 4. The Morgan fingerprint density at radius 2 is 1.82 bits per heavy atom. The van der Waals surface area contributed by atoms with Crippen LogP contribution in [0.1, 0.15) is 39.8 Å². The molecule has 2 N–H and O–H groups in total. The molecule has 1 fully saturated rings. The summed E-state index contributed by atoms with van der Waals surface area (Å²) in [6.07, 6.45) is -4.48. The molecule has 4 amide bonds. The highest BCUT2D eigenvalue weighted by Gasteiger charge is 2.42. The van der Waals surface area contributed by atoms with E-state index < -0.39 is 41.5 Å². The van der Waals surface area contributed by atoms with Crippen LogP contribution in [0.25, 0.3) is 0 Å². The first-order chi connectivity index (χ1) is 15.2. The minimum Gasteiger partial charge on any atom is -0.444 e. The van der Waals surface area contributed by atoms with Crippen molar-refractivity contribution in [3.8, 4) is 0 Å². The van der Waals surface area contributed by atoms with Crippen molar-refractivity contribution in [2.75, 3.05) is 11.4 Å². The zero-order valence-electron chi connectivity index (χ0n) is 18.5. The first-order valence-corrected chi connectivity index (χ1v) is 10.2. The van der Waals surface area contributed by atoms with Gasteiger partial charge in [0.2, 0.25) is 11.8 Å². The molecule has 1 aromatic heterocycles. The number of hydrogen-bond acceptors (Lipinski definition) is 6. The second-order valence-corrected chi connectivity index (χ2v) is 8.96. The van der Waals surface area contributed by atoms with Crippen LogP contribution in [0.4, 0.5) is 23.7 Å². The molecule has 0 saturated carbocycles. The van der Waals surface area contributed by atoms with Gasteiger partial charge in [0.25, 0.3) is 0 Å². The van der Waals surface area contributed by atoms with E-state index in [4.69, 9.17) is 4.74 Å². The van der Waals surface area contributed by atoms with Gasteiger partial charge in [-0.25, -0.2) is 4.79 Å². The Labute approximate surface area is 187 Å². The highest BCUT2D eigenvalue weighted by atomic mass is 19.4. The number of aromatic nitrogens is 2. The van der Waals surface area contributed by atoms with Crippen LogP contribution in [0.5, 0.6) is 0 Å². The number of nitrogens with zero attached hydrogens (tertiary/aromatic N) is 4. The van der Waals surface area contributed by atoms with Crippen LogP contribution in [0.15, 0.2) is 6.20 Å². The number of nitrogens with one attached hydrogen (secondary N) is 2. The average Bonchev–Trinajstić information content (AvgIpc) is 3.25. The van der Waals surface area contributed by atoms with Crippen LogP contribution in [-0.4, -0.2) is 62.9 Å². The summed E-state index contributed by atoms with van der Waals surface area (Å²) in [5.74, 6) is -4.66. The molecule has 3 rings (SSSR count). The van der Waals surface area contributed by atoms with E-state index in [0.29, 0.717) is 17.9 Å². The lowest BCUT2D eigenvalue weighted by Crippen LogP contribution is -2.49. The molecule has 2 aliphatic rings. The van der Waals surface area contributed by atoms with E-state index in [1.807, 2.05) is 6.92 Å². The predicted molar refractivity (Wildman–Crippen MR) is 106 cm³/mol. The van der Waals surface area contributed by atoms with Crippen molar-refractivity contribution in [3.63, 3.8) is 0 Å². The Bertz CT molecular complexity index is 970. The second kappa shape index (κ2) is 8.56. The zero-order valence-corrected chi connectivity index (χ0v) is 18.5.